The van der Waals surface area contributed by atoms with Crippen LogP contribution in [0.3, 0.4) is 0 Å². The van der Waals surface area contributed by atoms with E-state index in [9.17, 15) is 0 Å². The van der Waals surface area contributed by atoms with Crippen molar-refractivity contribution < 1.29 is 0 Å². The number of hydrogen-bond acceptors (Lipinski definition) is 2. The van der Waals surface area contributed by atoms with Gasteiger partial charge in [0.25, 0.3) is 0 Å². The van der Waals surface area contributed by atoms with E-state index in [1.54, 1.807) is 0 Å². The highest BCUT2D eigenvalue weighted by atomic mass is 79.9. The van der Waals surface area contributed by atoms with Gasteiger partial charge >= 0.3 is 0 Å². The monoisotopic (exact) mass is 699 g/mol. The van der Waals surface area contributed by atoms with E-state index in [0.29, 0.717) is 0 Å². The topological polar surface area (TPSA) is 3.24 Å². The largest absolute Gasteiger partial charge is 0.310 e. The first-order valence-electron chi connectivity index (χ1n) is 14.4. The lowest BCUT2D eigenvalue weighted by Crippen LogP contribution is -2.16. The van der Waals surface area contributed by atoms with Gasteiger partial charge in [-0.25, -0.2) is 0 Å². The number of nitrogens with zero attached hydrogens (tertiary/aromatic N) is 1. The fraction of sp³-hybridized carbons (Fsp3) is 0.0769. The molecule has 0 aliphatic heterocycles. The van der Waals surface area contributed by atoms with E-state index in [0.717, 1.165) is 26.0 Å². The maximum atomic E-state index is 3.61. The number of rotatable bonds is 4. The van der Waals surface area contributed by atoms with Crippen molar-refractivity contribution in [2.45, 2.75) is 19.3 Å². The standard InChI is InChI=1S/C39H27Br2NS/c1-39(2)35-22-24(30-7-5-8-34-33-6-3-4-9-37(33)43-38(30)34)10-20-31(35)32-21-19-29(23-36(32)39)42(27-15-11-25(40)12-16-27)28-17-13-26(41)14-18-28/h3-23H,1-2H3. The number of fused-ring (bicyclic) bond motifs is 6. The van der Waals surface area contributed by atoms with Gasteiger partial charge in [0.15, 0.2) is 0 Å². The Morgan fingerprint density at radius 2 is 1.12 bits per heavy atom. The zero-order valence-electron chi connectivity index (χ0n) is 23.7. The van der Waals surface area contributed by atoms with Crippen LogP contribution in [0, 0.1) is 0 Å². The molecule has 4 heteroatoms. The van der Waals surface area contributed by atoms with Crippen LogP contribution in [0.5, 0.6) is 0 Å². The van der Waals surface area contributed by atoms with Crippen LogP contribution in [0.15, 0.2) is 136 Å². The summed E-state index contributed by atoms with van der Waals surface area (Å²) < 4.78 is 4.84. The molecule has 0 radical (unpaired) electrons. The van der Waals surface area contributed by atoms with E-state index in [2.05, 4.69) is 178 Å². The molecular weight excluding hydrogens is 674 g/mol. The molecule has 1 nitrogen and oxygen atoms in total. The Morgan fingerprint density at radius 3 is 1.81 bits per heavy atom. The molecule has 6 aromatic carbocycles. The summed E-state index contributed by atoms with van der Waals surface area (Å²) >= 11 is 9.11. The van der Waals surface area contributed by atoms with Crippen LogP contribution in [-0.2, 0) is 5.41 Å². The molecule has 0 amide bonds. The lowest BCUT2D eigenvalue weighted by atomic mass is 9.81. The van der Waals surface area contributed by atoms with Crippen molar-refractivity contribution in [3.63, 3.8) is 0 Å². The Labute approximate surface area is 272 Å². The van der Waals surface area contributed by atoms with E-state index < -0.39 is 0 Å². The quantitative estimate of drug-likeness (QED) is 0.177. The van der Waals surface area contributed by atoms with E-state index in [4.69, 9.17) is 0 Å². The molecule has 0 spiro atoms. The zero-order valence-corrected chi connectivity index (χ0v) is 27.7. The molecule has 0 saturated carbocycles. The van der Waals surface area contributed by atoms with Gasteiger partial charge in [-0.1, -0.05) is 100 Å². The van der Waals surface area contributed by atoms with Gasteiger partial charge in [0.05, 0.1) is 0 Å². The summed E-state index contributed by atoms with van der Waals surface area (Å²) in [5, 5.41) is 2.68. The van der Waals surface area contributed by atoms with Crippen molar-refractivity contribution in [3.8, 4) is 22.3 Å². The summed E-state index contributed by atoms with van der Waals surface area (Å²) in [6.07, 6.45) is 0. The van der Waals surface area contributed by atoms with Gasteiger partial charge in [0.2, 0.25) is 0 Å². The average Bonchev–Trinajstić information content (AvgIpc) is 3.51. The smallest absolute Gasteiger partial charge is 0.0465 e. The highest BCUT2D eigenvalue weighted by Gasteiger charge is 2.36. The maximum Gasteiger partial charge on any atom is 0.0465 e. The Balaban J connectivity index is 1.25. The molecule has 1 aliphatic carbocycles. The molecule has 0 fully saturated rings. The summed E-state index contributed by atoms with van der Waals surface area (Å²) in [4.78, 5) is 2.34. The van der Waals surface area contributed by atoms with Crippen molar-refractivity contribution in [3.05, 3.63) is 147 Å². The number of anilines is 3. The van der Waals surface area contributed by atoms with E-state index in [-0.39, 0.29) is 5.41 Å². The second-order valence-electron chi connectivity index (χ2n) is 11.7. The number of halogens is 2. The van der Waals surface area contributed by atoms with Crippen LogP contribution < -0.4 is 4.90 Å². The molecule has 0 unspecified atom stereocenters. The van der Waals surface area contributed by atoms with Crippen molar-refractivity contribution in [2.24, 2.45) is 0 Å². The Kier molecular flexibility index (Phi) is 6.38. The third kappa shape index (κ3) is 4.38. The molecule has 0 N–H and O–H groups in total. The molecule has 7 aromatic rings. The highest BCUT2D eigenvalue weighted by molar-refractivity contribution is 9.10. The number of hydrogen-bond donors (Lipinski definition) is 0. The summed E-state index contributed by atoms with van der Waals surface area (Å²) in [6.45, 7) is 4.74. The van der Waals surface area contributed by atoms with Crippen LogP contribution in [0.2, 0.25) is 0 Å². The van der Waals surface area contributed by atoms with Crippen LogP contribution in [0.1, 0.15) is 25.0 Å². The second-order valence-corrected chi connectivity index (χ2v) is 14.6. The van der Waals surface area contributed by atoms with E-state index >= 15 is 0 Å². The minimum absolute atomic E-state index is 0.143. The van der Waals surface area contributed by atoms with Gasteiger partial charge in [0.1, 0.15) is 0 Å². The van der Waals surface area contributed by atoms with Crippen LogP contribution in [0.25, 0.3) is 42.4 Å². The Bertz CT molecular complexity index is 2130. The third-order valence-corrected chi connectivity index (χ3v) is 11.1. The summed E-state index contributed by atoms with van der Waals surface area (Å²) in [5.41, 5.74) is 11.2. The zero-order chi connectivity index (χ0) is 29.3. The average molecular weight is 702 g/mol. The molecule has 1 aliphatic rings. The lowest BCUT2D eigenvalue weighted by molar-refractivity contribution is 0.660. The van der Waals surface area contributed by atoms with Gasteiger partial charge < -0.3 is 4.90 Å². The van der Waals surface area contributed by atoms with Crippen molar-refractivity contribution >= 4 is 80.4 Å². The van der Waals surface area contributed by atoms with E-state index in [1.807, 2.05) is 11.3 Å². The van der Waals surface area contributed by atoms with Crippen LogP contribution in [0.4, 0.5) is 17.1 Å². The van der Waals surface area contributed by atoms with Crippen molar-refractivity contribution in [1.29, 1.82) is 0 Å². The van der Waals surface area contributed by atoms with Gasteiger partial charge in [-0.15, -0.1) is 11.3 Å². The number of benzene rings is 6. The summed E-state index contributed by atoms with van der Waals surface area (Å²) in [6, 6.07) is 46.6. The predicted molar refractivity (Wildman–Crippen MR) is 192 cm³/mol. The fourth-order valence-electron chi connectivity index (χ4n) is 6.63. The lowest BCUT2D eigenvalue weighted by Gasteiger charge is -2.28. The first kappa shape index (κ1) is 26.9. The predicted octanol–water partition coefficient (Wildman–Crippen LogP) is 13.0. The molecule has 1 aromatic heterocycles. The summed E-state index contributed by atoms with van der Waals surface area (Å²) in [7, 11) is 0. The molecular formula is C39H27Br2NS. The molecule has 0 saturated heterocycles. The normalized spacial score (nSPS) is 13.3. The Morgan fingerprint density at radius 1 is 0.535 bits per heavy atom. The van der Waals surface area contributed by atoms with Gasteiger partial charge in [-0.2, -0.15) is 0 Å². The van der Waals surface area contributed by atoms with Crippen LogP contribution in [-0.4, -0.2) is 0 Å². The molecule has 0 bridgehead atoms. The van der Waals surface area contributed by atoms with Gasteiger partial charge in [-0.3, -0.25) is 0 Å². The molecule has 43 heavy (non-hydrogen) atoms. The van der Waals surface area contributed by atoms with Gasteiger partial charge in [0, 0.05) is 51.6 Å². The van der Waals surface area contributed by atoms with Crippen molar-refractivity contribution in [1.82, 2.24) is 0 Å². The van der Waals surface area contributed by atoms with E-state index in [1.165, 1.54) is 53.6 Å². The van der Waals surface area contributed by atoms with Gasteiger partial charge in [-0.05, 0) is 106 Å². The first-order valence-corrected chi connectivity index (χ1v) is 16.8. The second kappa shape index (κ2) is 10.2. The third-order valence-electron chi connectivity index (χ3n) is 8.80. The Hall–Kier alpha value is -3.70. The summed E-state index contributed by atoms with van der Waals surface area (Å²) in [5.74, 6) is 0. The SMILES string of the molecule is CC1(C)c2cc(-c3cccc4c3sc3ccccc34)ccc2-c2ccc(N(c3ccc(Br)cc3)c3ccc(Br)cc3)cc21. The molecule has 1 heterocycles. The molecule has 0 atom stereocenters. The minimum atomic E-state index is -0.143. The molecule has 8 rings (SSSR count). The maximum absolute atomic E-state index is 3.61. The minimum Gasteiger partial charge on any atom is -0.310 e. The van der Waals surface area contributed by atoms with Crippen molar-refractivity contribution in [2.75, 3.05) is 4.90 Å². The first-order chi connectivity index (χ1) is 20.9. The molecule has 208 valence electrons. The van der Waals surface area contributed by atoms with Crippen LogP contribution >= 0.6 is 43.2 Å². The fourth-order valence-corrected chi connectivity index (χ4v) is 8.40. The highest BCUT2D eigenvalue weighted by Crippen LogP contribution is 2.52. The number of thiophene rings is 1.